The van der Waals surface area contributed by atoms with Gasteiger partial charge in [-0.25, -0.2) is 0 Å². The molecule has 1 heterocycles. The summed E-state index contributed by atoms with van der Waals surface area (Å²) in [6.07, 6.45) is 4.88. The van der Waals surface area contributed by atoms with Gasteiger partial charge < -0.3 is 0 Å². The fraction of sp³-hybridized carbons (Fsp3) is 0.545. The predicted octanol–water partition coefficient (Wildman–Crippen LogP) is 2.53. The fourth-order valence-corrected chi connectivity index (χ4v) is 1.69. The molecule has 0 radical (unpaired) electrons. The lowest BCUT2D eigenvalue weighted by Gasteiger charge is -2.20. The Balaban J connectivity index is 2.46. The van der Waals surface area contributed by atoms with Gasteiger partial charge >= 0.3 is 0 Å². The summed E-state index contributed by atoms with van der Waals surface area (Å²) in [6, 6.07) is 4.07. The third kappa shape index (κ3) is 4.07. The van der Waals surface area contributed by atoms with Crippen molar-refractivity contribution in [2.45, 2.75) is 19.9 Å². The molecule has 1 aromatic rings. The summed E-state index contributed by atoms with van der Waals surface area (Å²) >= 11 is 5.74. The first-order valence-corrected chi connectivity index (χ1v) is 5.57. The Morgan fingerprint density at radius 1 is 1.43 bits per heavy atom. The minimum atomic E-state index is 0.695. The molecule has 0 aliphatic heterocycles. The molecule has 3 heteroatoms. The lowest BCUT2D eigenvalue weighted by atomic mass is 10.2. The number of nitrogens with zero attached hydrogens (tertiary/aromatic N) is 2. The first kappa shape index (κ1) is 11.5. The number of rotatable bonds is 6. The first-order valence-electron chi connectivity index (χ1n) is 5.04. The van der Waals surface area contributed by atoms with Gasteiger partial charge in [0.25, 0.3) is 0 Å². The average Bonchev–Trinajstić information content (AvgIpc) is 2.20. The zero-order valence-electron chi connectivity index (χ0n) is 8.62. The third-order valence-electron chi connectivity index (χ3n) is 2.07. The second kappa shape index (κ2) is 6.80. The summed E-state index contributed by atoms with van der Waals surface area (Å²) < 4.78 is 0. The van der Waals surface area contributed by atoms with E-state index >= 15 is 0 Å². The Morgan fingerprint density at radius 2 is 2.29 bits per heavy atom. The normalized spacial score (nSPS) is 10.8. The standard InChI is InChI=1S/C11H17ClN2/c1-2-7-14(8-5-12)10-11-4-3-6-13-9-11/h3-4,6,9H,2,5,7-8,10H2,1H3. The number of pyridine rings is 1. The van der Waals surface area contributed by atoms with E-state index in [4.69, 9.17) is 11.6 Å². The number of halogens is 1. The second-order valence-electron chi connectivity index (χ2n) is 3.33. The predicted molar refractivity (Wildman–Crippen MR) is 60.5 cm³/mol. The van der Waals surface area contributed by atoms with Crippen LogP contribution in [0.1, 0.15) is 18.9 Å². The van der Waals surface area contributed by atoms with Gasteiger partial charge in [0.05, 0.1) is 0 Å². The molecule has 0 aromatic carbocycles. The van der Waals surface area contributed by atoms with Crippen LogP contribution in [0.5, 0.6) is 0 Å². The Morgan fingerprint density at radius 3 is 2.86 bits per heavy atom. The van der Waals surface area contributed by atoms with Crippen LogP contribution in [-0.4, -0.2) is 28.9 Å². The van der Waals surface area contributed by atoms with E-state index in [1.807, 2.05) is 12.3 Å². The van der Waals surface area contributed by atoms with E-state index < -0.39 is 0 Å². The van der Waals surface area contributed by atoms with Crippen molar-refractivity contribution in [3.8, 4) is 0 Å². The van der Waals surface area contributed by atoms with Crippen molar-refractivity contribution in [1.29, 1.82) is 0 Å². The van der Waals surface area contributed by atoms with Gasteiger partial charge in [-0.15, -0.1) is 11.6 Å². The molecule has 0 bridgehead atoms. The lowest BCUT2D eigenvalue weighted by Crippen LogP contribution is -2.26. The Labute approximate surface area is 90.9 Å². The SMILES string of the molecule is CCCN(CCCl)Cc1cccnc1. The molecule has 0 aliphatic rings. The van der Waals surface area contributed by atoms with E-state index in [1.54, 1.807) is 6.20 Å². The van der Waals surface area contributed by atoms with Crippen LogP contribution in [0.25, 0.3) is 0 Å². The summed E-state index contributed by atoms with van der Waals surface area (Å²) in [6.45, 7) is 5.19. The minimum absolute atomic E-state index is 0.695. The van der Waals surface area contributed by atoms with E-state index in [0.29, 0.717) is 5.88 Å². The summed E-state index contributed by atoms with van der Waals surface area (Å²) in [4.78, 5) is 6.45. The molecule has 0 unspecified atom stereocenters. The number of hydrogen-bond acceptors (Lipinski definition) is 2. The Hall–Kier alpha value is -0.600. The van der Waals surface area contributed by atoms with Crippen LogP contribution < -0.4 is 0 Å². The fourth-order valence-electron chi connectivity index (χ4n) is 1.46. The van der Waals surface area contributed by atoms with Crippen LogP contribution in [-0.2, 0) is 6.54 Å². The van der Waals surface area contributed by atoms with Crippen LogP contribution in [0.2, 0.25) is 0 Å². The molecule has 14 heavy (non-hydrogen) atoms. The van der Waals surface area contributed by atoms with Crippen LogP contribution in [0.15, 0.2) is 24.5 Å². The van der Waals surface area contributed by atoms with Crippen molar-refractivity contribution in [2.24, 2.45) is 0 Å². The van der Waals surface area contributed by atoms with Crippen LogP contribution in [0.3, 0.4) is 0 Å². The molecular weight excluding hydrogens is 196 g/mol. The maximum absolute atomic E-state index is 5.74. The zero-order chi connectivity index (χ0) is 10.2. The van der Waals surface area contributed by atoms with Crippen LogP contribution >= 0.6 is 11.6 Å². The first-order chi connectivity index (χ1) is 6.86. The van der Waals surface area contributed by atoms with Gasteiger partial charge in [0, 0.05) is 31.4 Å². The smallest absolute Gasteiger partial charge is 0.0351 e. The van der Waals surface area contributed by atoms with E-state index in [-0.39, 0.29) is 0 Å². The Bertz CT molecular complexity index is 232. The van der Waals surface area contributed by atoms with Crippen molar-refractivity contribution < 1.29 is 0 Å². The Kier molecular flexibility index (Phi) is 5.57. The molecule has 1 rings (SSSR count). The van der Waals surface area contributed by atoms with Crippen molar-refractivity contribution in [3.05, 3.63) is 30.1 Å². The molecule has 78 valence electrons. The van der Waals surface area contributed by atoms with E-state index in [1.165, 1.54) is 5.56 Å². The molecule has 0 aliphatic carbocycles. The van der Waals surface area contributed by atoms with Crippen molar-refractivity contribution in [3.63, 3.8) is 0 Å². The highest BCUT2D eigenvalue weighted by atomic mass is 35.5. The van der Waals surface area contributed by atoms with Crippen molar-refractivity contribution in [1.82, 2.24) is 9.88 Å². The largest absolute Gasteiger partial charge is 0.298 e. The molecular formula is C11H17ClN2. The molecule has 0 amide bonds. The van der Waals surface area contributed by atoms with E-state index in [2.05, 4.69) is 22.9 Å². The van der Waals surface area contributed by atoms with Crippen molar-refractivity contribution >= 4 is 11.6 Å². The van der Waals surface area contributed by atoms with E-state index in [9.17, 15) is 0 Å². The lowest BCUT2D eigenvalue weighted by molar-refractivity contribution is 0.282. The zero-order valence-corrected chi connectivity index (χ0v) is 9.37. The molecule has 0 spiro atoms. The second-order valence-corrected chi connectivity index (χ2v) is 3.70. The minimum Gasteiger partial charge on any atom is -0.298 e. The van der Waals surface area contributed by atoms with Gasteiger partial charge in [0.1, 0.15) is 0 Å². The number of alkyl halides is 1. The molecule has 1 aromatic heterocycles. The van der Waals surface area contributed by atoms with Gasteiger partial charge in [0.15, 0.2) is 0 Å². The molecule has 0 N–H and O–H groups in total. The number of aromatic nitrogens is 1. The third-order valence-corrected chi connectivity index (χ3v) is 2.24. The van der Waals surface area contributed by atoms with Gasteiger partial charge in [-0.2, -0.15) is 0 Å². The van der Waals surface area contributed by atoms with Crippen LogP contribution in [0.4, 0.5) is 0 Å². The topological polar surface area (TPSA) is 16.1 Å². The van der Waals surface area contributed by atoms with Crippen LogP contribution in [0, 0.1) is 0 Å². The molecule has 0 atom stereocenters. The maximum Gasteiger partial charge on any atom is 0.0351 e. The molecule has 0 fully saturated rings. The summed E-state index contributed by atoms with van der Waals surface area (Å²) in [5, 5.41) is 0. The van der Waals surface area contributed by atoms with E-state index in [0.717, 1.165) is 26.1 Å². The maximum atomic E-state index is 5.74. The summed E-state index contributed by atoms with van der Waals surface area (Å²) in [5.74, 6) is 0.695. The molecule has 0 saturated heterocycles. The summed E-state index contributed by atoms with van der Waals surface area (Å²) in [5.41, 5.74) is 1.26. The van der Waals surface area contributed by atoms with Gasteiger partial charge in [-0.3, -0.25) is 9.88 Å². The van der Waals surface area contributed by atoms with Gasteiger partial charge in [-0.1, -0.05) is 13.0 Å². The average molecular weight is 213 g/mol. The quantitative estimate of drug-likeness (QED) is 0.674. The molecule has 2 nitrogen and oxygen atoms in total. The van der Waals surface area contributed by atoms with Gasteiger partial charge in [0.2, 0.25) is 0 Å². The summed E-state index contributed by atoms with van der Waals surface area (Å²) in [7, 11) is 0. The highest BCUT2D eigenvalue weighted by molar-refractivity contribution is 6.18. The monoisotopic (exact) mass is 212 g/mol. The molecule has 0 saturated carbocycles. The van der Waals surface area contributed by atoms with Crippen molar-refractivity contribution in [2.75, 3.05) is 19.0 Å². The number of hydrogen-bond donors (Lipinski definition) is 0. The highest BCUT2D eigenvalue weighted by Crippen LogP contribution is 2.03. The highest BCUT2D eigenvalue weighted by Gasteiger charge is 2.03. The van der Waals surface area contributed by atoms with Gasteiger partial charge in [-0.05, 0) is 24.6 Å².